The second-order valence-corrected chi connectivity index (χ2v) is 7.96. The van der Waals surface area contributed by atoms with Gasteiger partial charge in [0.15, 0.2) is 0 Å². The van der Waals surface area contributed by atoms with Crippen LogP contribution in [0.4, 0.5) is 0 Å². The first kappa shape index (κ1) is 15.0. The molecule has 0 aromatic rings. The van der Waals surface area contributed by atoms with E-state index >= 15 is 0 Å². The smallest absolute Gasteiger partial charge is 0.147 e. The van der Waals surface area contributed by atoms with Crippen molar-refractivity contribution in [3.05, 3.63) is 0 Å². The molecule has 102 valence electrons. The van der Waals surface area contributed by atoms with E-state index in [1.165, 1.54) is 31.9 Å². The molecule has 3 atom stereocenters. The van der Waals surface area contributed by atoms with Crippen molar-refractivity contribution in [3.8, 4) is 0 Å². The van der Waals surface area contributed by atoms with E-state index < -0.39 is 9.84 Å². The summed E-state index contributed by atoms with van der Waals surface area (Å²) in [6.45, 7) is 2.33. The molecule has 3 unspecified atom stereocenters. The first-order valence-corrected chi connectivity index (χ1v) is 8.83. The first-order valence-electron chi connectivity index (χ1n) is 6.77. The van der Waals surface area contributed by atoms with Gasteiger partial charge in [0, 0.05) is 18.1 Å². The van der Waals surface area contributed by atoms with Crippen molar-refractivity contribution >= 4 is 9.84 Å². The summed E-state index contributed by atoms with van der Waals surface area (Å²) in [7, 11) is -0.793. The Morgan fingerprint density at radius 2 is 2.06 bits per heavy atom. The molecule has 4 heteroatoms. The quantitative estimate of drug-likeness (QED) is 0.797. The Hall–Kier alpha value is -0.0900. The Morgan fingerprint density at radius 3 is 2.59 bits per heavy atom. The van der Waals surface area contributed by atoms with E-state index in [-0.39, 0.29) is 0 Å². The van der Waals surface area contributed by atoms with Crippen LogP contribution in [0.25, 0.3) is 0 Å². The summed E-state index contributed by atoms with van der Waals surface area (Å²) < 4.78 is 22.2. The molecule has 0 amide bonds. The van der Waals surface area contributed by atoms with Crippen LogP contribution in [0.2, 0.25) is 0 Å². The van der Waals surface area contributed by atoms with Crippen LogP contribution in [0.1, 0.15) is 45.4 Å². The van der Waals surface area contributed by atoms with E-state index in [2.05, 4.69) is 12.2 Å². The molecule has 1 N–H and O–H groups in total. The lowest BCUT2D eigenvalue weighted by Crippen LogP contribution is -2.36. The number of rotatable bonds is 6. The summed E-state index contributed by atoms with van der Waals surface area (Å²) in [5.74, 6) is 1.90. The zero-order valence-electron chi connectivity index (χ0n) is 11.4. The van der Waals surface area contributed by atoms with E-state index in [1.54, 1.807) is 0 Å². The second-order valence-electron chi connectivity index (χ2n) is 5.70. The maximum Gasteiger partial charge on any atom is 0.147 e. The maximum absolute atomic E-state index is 11.1. The summed E-state index contributed by atoms with van der Waals surface area (Å²) in [5, 5.41) is 3.38. The van der Waals surface area contributed by atoms with Crippen molar-refractivity contribution in [2.24, 2.45) is 11.8 Å². The predicted octanol–water partition coefficient (Wildman–Crippen LogP) is 2.23. The third-order valence-corrected chi connectivity index (χ3v) is 4.98. The third-order valence-electron chi connectivity index (χ3n) is 3.95. The molecule has 1 rings (SSSR count). The van der Waals surface area contributed by atoms with Crippen LogP contribution in [-0.2, 0) is 9.84 Å². The topological polar surface area (TPSA) is 46.2 Å². The van der Waals surface area contributed by atoms with Gasteiger partial charge in [-0.3, -0.25) is 0 Å². The van der Waals surface area contributed by atoms with E-state index in [9.17, 15) is 8.42 Å². The minimum absolute atomic E-state index is 0.327. The number of sulfone groups is 1. The summed E-state index contributed by atoms with van der Waals surface area (Å²) in [6.07, 6.45) is 8.38. The Bertz CT molecular complexity index is 313. The third kappa shape index (κ3) is 5.87. The van der Waals surface area contributed by atoms with Gasteiger partial charge in [0.2, 0.25) is 0 Å². The lowest BCUT2D eigenvalue weighted by Gasteiger charge is -2.33. The second kappa shape index (κ2) is 6.74. The van der Waals surface area contributed by atoms with Crippen molar-refractivity contribution in [2.45, 2.75) is 51.5 Å². The highest BCUT2D eigenvalue weighted by molar-refractivity contribution is 7.90. The molecular weight excluding hydrogens is 234 g/mol. The lowest BCUT2D eigenvalue weighted by molar-refractivity contribution is 0.220. The molecule has 17 heavy (non-hydrogen) atoms. The van der Waals surface area contributed by atoms with Gasteiger partial charge in [-0.05, 0) is 44.6 Å². The van der Waals surface area contributed by atoms with Gasteiger partial charge in [0.1, 0.15) is 9.84 Å². The number of hydrogen-bond donors (Lipinski definition) is 1. The monoisotopic (exact) mass is 261 g/mol. The minimum Gasteiger partial charge on any atom is -0.317 e. The number of hydrogen-bond acceptors (Lipinski definition) is 3. The fourth-order valence-electron chi connectivity index (χ4n) is 3.03. The highest BCUT2D eigenvalue weighted by Gasteiger charge is 2.25. The van der Waals surface area contributed by atoms with Crippen LogP contribution in [0.3, 0.4) is 0 Å². The minimum atomic E-state index is -2.80. The van der Waals surface area contributed by atoms with Crippen LogP contribution in [0.5, 0.6) is 0 Å². The normalized spacial score (nSPS) is 27.9. The van der Waals surface area contributed by atoms with Crippen LogP contribution < -0.4 is 5.32 Å². The molecule has 0 radical (unpaired) electrons. The van der Waals surface area contributed by atoms with Gasteiger partial charge in [-0.15, -0.1) is 0 Å². The predicted molar refractivity (Wildman–Crippen MR) is 72.9 cm³/mol. The van der Waals surface area contributed by atoms with Gasteiger partial charge < -0.3 is 5.32 Å². The van der Waals surface area contributed by atoms with E-state index in [0.29, 0.717) is 11.8 Å². The van der Waals surface area contributed by atoms with Crippen LogP contribution in [-0.4, -0.2) is 33.5 Å². The van der Waals surface area contributed by atoms with Gasteiger partial charge in [-0.25, -0.2) is 8.42 Å². The Labute approximate surface area is 106 Å². The molecule has 0 heterocycles. The molecule has 0 aliphatic heterocycles. The molecule has 0 bridgehead atoms. The van der Waals surface area contributed by atoms with Crippen LogP contribution in [0.15, 0.2) is 0 Å². The van der Waals surface area contributed by atoms with E-state index in [4.69, 9.17) is 0 Å². The summed E-state index contributed by atoms with van der Waals surface area (Å²) in [5.41, 5.74) is 0. The zero-order valence-corrected chi connectivity index (χ0v) is 12.2. The van der Waals surface area contributed by atoms with Gasteiger partial charge in [-0.1, -0.05) is 19.8 Å². The molecule has 0 aromatic heterocycles. The molecule has 0 aromatic carbocycles. The van der Waals surface area contributed by atoms with Crippen LogP contribution >= 0.6 is 0 Å². The van der Waals surface area contributed by atoms with E-state index in [1.807, 2.05) is 7.05 Å². The zero-order chi connectivity index (χ0) is 12.9. The van der Waals surface area contributed by atoms with Crippen molar-refractivity contribution in [2.75, 3.05) is 19.1 Å². The van der Waals surface area contributed by atoms with Crippen molar-refractivity contribution in [1.82, 2.24) is 5.32 Å². The Morgan fingerprint density at radius 1 is 1.35 bits per heavy atom. The highest BCUT2D eigenvalue weighted by Crippen LogP contribution is 2.32. The van der Waals surface area contributed by atoms with Crippen molar-refractivity contribution in [3.63, 3.8) is 0 Å². The number of nitrogens with one attached hydrogen (secondary N) is 1. The SMILES string of the molecule is CNC(CCCS(C)(=O)=O)C1CCCC(C)C1. The summed E-state index contributed by atoms with van der Waals surface area (Å²) in [4.78, 5) is 0. The van der Waals surface area contributed by atoms with Crippen molar-refractivity contribution < 1.29 is 8.42 Å². The molecule has 1 fully saturated rings. The van der Waals surface area contributed by atoms with Gasteiger partial charge in [0.05, 0.1) is 0 Å². The largest absolute Gasteiger partial charge is 0.317 e. The average Bonchev–Trinajstić information content (AvgIpc) is 2.23. The molecule has 0 spiro atoms. The summed E-state index contributed by atoms with van der Waals surface area (Å²) in [6, 6.07) is 0.500. The maximum atomic E-state index is 11.1. The lowest BCUT2D eigenvalue weighted by atomic mass is 9.77. The molecule has 3 nitrogen and oxygen atoms in total. The first-order chi connectivity index (χ1) is 7.92. The molecule has 1 saturated carbocycles. The molecule has 0 saturated heterocycles. The van der Waals surface area contributed by atoms with E-state index in [0.717, 1.165) is 24.7 Å². The Kier molecular flexibility index (Phi) is 5.93. The van der Waals surface area contributed by atoms with Gasteiger partial charge >= 0.3 is 0 Å². The fourth-order valence-corrected chi connectivity index (χ4v) is 3.72. The molecular formula is C13H27NO2S. The van der Waals surface area contributed by atoms with Gasteiger partial charge in [-0.2, -0.15) is 0 Å². The van der Waals surface area contributed by atoms with Gasteiger partial charge in [0.25, 0.3) is 0 Å². The van der Waals surface area contributed by atoms with Crippen molar-refractivity contribution in [1.29, 1.82) is 0 Å². The highest BCUT2D eigenvalue weighted by atomic mass is 32.2. The van der Waals surface area contributed by atoms with Crippen LogP contribution in [0, 0.1) is 11.8 Å². The molecule has 1 aliphatic rings. The summed E-state index contributed by atoms with van der Waals surface area (Å²) >= 11 is 0. The fraction of sp³-hybridized carbons (Fsp3) is 1.00. The average molecular weight is 261 g/mol. The molecule has 1 aliphatic carbocycles. The Balaban J connectivity index is 2.37. The standard InChI is InChI=1S/C13H27NO2S/c1-11-6-4-7-12(10-11)13(14-2)8-5-9-17(3,15)16/h11-14H,4-10H2,1-3H3.